The normalized spacial score (nSPS) is 18.2. The predicted molar refractivity (Wildman–Crippen MR) is 96.8 cm³/mol. The van der Waals surface area contributed by atoms with Gasteiger partial charge in [0.15, 0.2) is 0 Å². The molecule has 0 radical (unpaired) electrons. The number of nitrogens with zero attached hydrogens (tertiary/aromatic N) is 3. The minimum absolute atomic E-state index is 0.110. The highest BCUT2D eigenvalue weighted by atomic mass is 16.6. The molecular weight excluding hydrogens is 334 g/mol. The maximum Gasteiger partial charge on any atom is 0.282 e. The first kappa shape index (κ1) is 18.4. The van der Waals surface area contributed by atoms with Gasteiger partial charge in [-0.1, -0.05) is 37.8 Å². The lowest BCUT2D eigenvalue weighted by Gasteiger charge is -2.35. The molecule has 1 saturated heterocycles. The number of nitro groups is 1. The molecular formula is C19H25N3O4. The van der Waals surface area contributed by atoms with E-state index in [1.165, 1.54) is 37.8 Å². The van der Waals surface area contributed by atoms with Crippen molar-refractivity contribution in [3.63, 3.8) is 0 Å². The highest BCUT2D eigenvalue weighted by Crippen LogP contribution is 2.28. The Labute approximate surface area is 153 Å². The van der Waals surface area contributed by atoms with Gasteiger partial charge in [-0.25, -0.2) is 0 Å². The van der Waals surface area contributed by atoms with Gasteiger partial charge in [0.25, 0.3) is 11.6 Å². The molecule has 0 N–H and O–H groups in total. The van der Waals surface area contributed by atoms with E-state index in [1.54, 1.807) is 17.0 Å². The summed E-state index contributed by atoms with van der Waals surface area (Å²) in [6, 6.07) is 6.01. The van der Waals surface area contributed by atoms with E-state index in [0.29, 0.717) is 38.5 Å². The lowest BCUT2D eigenvalue weighted by Crippen LogP contribution is -2.50. The second kappa shape index (κ2) is 8.29. The van der Waals surface area contributed by atoms with Crippen molar-refractivity contribution in [3.05, 3.63) is 39.9 Å². The Balaban J connectivity index is 1.52. The Bertz CT molecular complexity index is 677. The average Bonchev–Trinajstić information content (AvgIpc) is 3.19. The van der Waals surface area contributed by atoms with Crippen LogP contribution in [0.15, 0.2) is 24.3 Å². The lowest BCUT2D eigenvalue weighted by molar-refractivity contribution is -0.385. The van der Waals surface area contributed by atoms with Crippen molar-refractivity contribution < 1.29 is 14.5 Å². The topological polar surface area (TPSA) is 83.8 Å². The van der Waals surface area contributed by atoms with Gasteiger partial charge in [0.1, 0.15) is 5.56 Å². The lowest BCUT2D eigenvalue weighted by atomic mass is 10.0. The van der Waals surface area contributed by atoms with Crippen LogP contribution >= 0.6 is 0 Å². The molecule has 1 aliphatic carbocycles. The van der Waals surface area contributed by atoms with Crippen LogP contribution in [0.5, 0.6) is 0 Å². The van der Waals surface area contributed by atoms with Crippen molar-refractivity contribution in [1.29, 1.82) is 0 Å². The van der Waals surface area contributed by atoms with Gasteiger partial charge in [0.2, 0.25) is 5.91 Å². The largest absolute Gasteiger partial charge is 0.339 e. The fourth-order valence-electron chi connectivity index (χ4n) is 3.93. The van der Waals surface area contributed by atoms with Crippen LogP contribution in [0.25, 0.3) is 0 Å². The van der Waals surface area contributed by atoms with Gasteiger partial charge in [-0.05, 0) is 18.4 Å². The molecule has 0 aromatic heterocycles. The Hall–Kier alpha value is -2.44. The first-order chi connectivity index (χ1) is 12.6. The van der Waals surface area contributed by atoms with Crippen LogP contribution in [0.3, 0.4) is 0 Å². The van der Waals surface area contributed by atoms with Crippen LogP contribution in [0.1, 0.15) is 48.9 Å². The molecule has 0 bridgehead atoms. The fraction of sp³-hybridized carbons (Fsp3) is 0.579. The maximum absolute atomic E-state index is 12.6. The molecule has 2 fully saturated rings. The molecule has 2 aliphatic rings. The number of benzene rings is 1. The number of hydrogen-bond donors (Lipinski definition) is 0. The molecule has 1 saturated carbocycles. The van der Waals surface area contributed by atoms with Crippen LogP contribution in [0.2, 0.25) is 0 Å². The van der Waals surface area contributed by atoms with Crippen molar-refractivity contribution in [2.75, 3.05) is 26.2 Å². The number of amides is 2. The summed E-state index contributed by atoms with van der Waals surface area (Å²) in [5, 5.41) is 11.1. The SMILES string of the molecule is O=C(CCC1CCCC1)N1CCN(C(=O)c2ccccc2[N+](=O)[O-])CC1. The van der Waals surface area contributed by atoms with E-state index >= 15 is 0 Å². The van der Waals surface area contributed by atoms with Gasteiger partial charge < -0.3 is 9.80 Å². The second-order valence-electron chi connectivity index (χ2n) is 7.14. The third kappa shape index (κ3) is 4.20. The molecule has 1 aromatic carbocycles. The third-order valence-corrected chi connectivity index (χ3v) is 5.49. The molecule has 0 unspecified atom stereocenters. The Morgan fingerprint density at radius 2 is 1.65 bits per heavy atom. The average molecular weight is 359 g/mol. The van der Waals surface area contributed by atoms with Crippen molar-refractivity contribution in [1.82, 2.24) is 9.80 Å². The third-order valence-electron chi connectivity index (χ3n) is 5.49. The highest BCUT2D eigenvalue weighted by molar-refractivity contribution is 5.98. The van der Waals surface area contributed by atoms with Crippen LogP contribution in [0, 0.1) is 16.0 Å². The summed E-state index contributed by atoms with van der Waals surface area (Å²) in [6.07, 6.45) is 6.60. The van der Waals surface area contributed by atoms with E-state index in [4.69, 9.17) is 0 Å². The number of carbonyl (C=O) groups is 2. The van der Waals surface area contributed by atoms with Gasteiger partial charge in [-0.3, -0.25) is 19.7 Å². The van der Waals surface area contributed by atoms with Gasteiger partial charge in [-0.15, -0.1) is 0 Å². The first-order valence-electron chi connectivity index (χ1n) is 9.36. The van der Waals surface area contributed by atoms with E-state index in [1.807, 2.05) is 4.90 Å². The standard InChI is InChI=1S/C19H25N3O4/c23-18(10-9-15-5-1-2-6-15)20-11-13-21(14-12-20)19(24)16-7-3-4-8-17(16)22(25)26/h3-4,7-8,15H,1-2,5-6,9-14H2. The minimum atomic E-state index is -0.532. The summed E-state index contributed by atoms with van der Waals surface area (Å²) in [7, 11) is 0. The molecule has 1 heterocycles. The number of hydrogen-bond acceptors (Lipinski definition) is 4. The van der Waals surface area contributed by atoms with Crippen LogP contribution < -0.4 is 0 Å². The summed E-state index contributed by atoms with van der Waals surface area (Å²) in [6.45, 7) is 1.83. The quantitative estimate of drug-likeness (QED) is 0.598. The van der Waals surface area contributed by atoms with Gasteiger partial charge in [-0.2, -0.15) is 0 Å². The number of carbonyl (C=O) groups excluding carboxylic acids is 2. The number of rotatable bonds is 5. The van der Waals surface area contributed by atoms with Gasteiger partial charge in [0, 0.05) is 38.7 Å². The first-order valence-corrected chi connectivity index (χ1v) is 9.36. The van der Waals surface area contributed by atoms with Crippen LogP contribution in [0.4, 0.5) is 5.69 Å². The van der Waals surface area contributed by atoms with E-state index in [2.05, 4.69) is 0 Å². The minimum Gasteiger partial charge on any atom is -0.339 e. The zero-order valence-electron chi connectivity index (χ0n) is 14.9. The molecule has 140 valence electrons. The Morgan fingerprint density at radius 3 is 2.31 bits per heavy atom. The Morgan fingerprint density at radius 1 is 1.04 bits per heavy atom. The molecule has 7 nitrogen and oxygen atoms in total. The Kier molecular flexibility index (Phi) is 5.85. The van der Waals surface area contributed by atoms with E-state index < -0.39 is 4.92 Å². The van der Waals surface area contributed by atoms with Gasteiger partial charge >= 0.3 is 0 Å². The summed E-state index contributed by atoms with van der Waals surface area (Å²) in [5.41, 5.74) is -0.0638. The monoisotopic (exact) mass is 359 g/mol. The second-order valence-corrected chi connectivity index (χ2v) is 7.14. The van der Waals surface area contributed by atoms with Crippen molar-refractivity contribution in [3.8, 4) is 0 Å². The zero-order chi connectivity index (χ0) is 18.5. The summed E-state index contributed by atoms with van der Waals surface area (Å²) in [4.78, 5) is 39.0. The summed E-state index contributed by atoms with van der Waals surface area (Å²) >= 11 is 0. The molecule has 0 spiro atoms. The van der Waals surface area contributed by atoms with Crippen molar-refractivity contribution in [2.24, 2.45) is 5.92 Å². The molecule has 0 atom stereocenters. The zero-order valence-corrected chi connectivity index (χ0v) is 14.9. The van der Waals surface area contributed by atoms with Crippen LogP contribution in [-0.2, 0) is 4.79 Å². The summed E-state index contributed by atoms with van der Waals surface area (Å²) < 4.78 is 0. The van der Waals surface area contributed by atoms with Crippen molar-refractivity contribution in [2.45, 2.75) is 38.5 Å². The predicted octanol–water partition coefficient (Wildman–Crippen LogP) is 2.85. The molecule has 2 amide bonds. The smallest absolute Gasteiger partial charge is 0.282 e. The summed E-state index contributed by atoms with van der Waals surface area (Å²) in [5.74, 6) is 0.519. The van der Waals surface area contributed by atoms with E-state index in [-0.39, 0.29) is 23.1 Å². The number of para-hydroxylation sites is 1. The molecule has 3 rings (SSSR count). The molecule has 26 heavy (non-hydrogen) atoms. The molecule has 7 heteroatoms. The molecule has 1 aliphatic heterocycles. The van der Waals surface area contributed by atoms with E-state index in [9.17, 15) is 19.7 Å². The number of piperazine rings is 1. The highest BCUT2D eigenvalue weighted by Gasteiger charge is 2.28. The van der Waals surface area contributed by atoms with E-state index in [0.717, 1.165) is 6.42 Å². The fourth-order valence-corrected chi connectivity index (χ4v) is 3.93. The number of nitro benzene ring substituents is 1. The van der Waals surface area contributed by atoms with Crippen molar-refractivity contribution >= 4 is 17.5 Å². The molecule has 1 aromatic rings. The van der Waals surface area contributed by atoms with Gasteiger partial charge in [0.05, 0.1) is 4.92 Å². The maximum atomic E-state index is 12.6. The van der Waals surface area contributed by atoms with Crippen LogP contribution in [-0.4, -0.2) is 52.7 Å².